The Morgan fingerprint density at radius 3 is 3.20 bits per heavy atom. The molecule has 0 atom stereocenters. The van der Waals surface area contributed by atoms with Crippen LogP contribution in [0.4, 0.5) is 0 Å². The topological polar surface area (TPSA) is 63.3 Å². The number of carboxylic acid groups (broad SMARTS) is 1. The molecule has 0 aliphatic rings. The van der Waals surface area contributed by atoms with E-state index in [1.807, 2.05) is 0 Å². The summed E-state index contributed by atoms with van der Waals surface area (Å²) in [4.78, 5) is 13.7. The van der Waals surface area contributed by atoms with Crippen LogP contribution in [-0.4, -0.2) is 21.8 Å². The van der Waals surface area contributed by atoms with E-state index in [1.165, 1.54) is 12.5 Å². The normalized spacial score (nSPS) is 9.60. The molecule has 0 aliphatic carbocycles. The van der Waals surface area contributed by atoms with E-state index in [1.54, 1.807) is 0 Å². The van der Waals surface area contributed by atoms with Crippen LogP contribution in [-0.2, 0) is 4.79 Å². The van der Waals surface area contributed by atoms with E-state index in [0.29, 0.717) is 5.22 Å². The van der Waals surface area contributed by atoms with Gasteiger partial charge >= 0.3 is 5.97 Å². The largest absolute Gasteiger partial charge is 0.481 e. The molecule has 10 heavy (non-hydrogen) atoms. The van der Waals surface area contributed by atoms with Gasteiger partial charge in [-0.2, -0.15) is 0 Å². The lowest BCUT2D eigenvalue weighted by atomic mass is 10.8. The highest BCUT2D eigenvalue weighted by Crippen LogP contribution is 2.13. The highest BCUT2D eigenvalue weighted by molar-refractivity contribution is 7.99. The maximum absolute atomic E-state index is 10.0. The molecule has 1 aromatic heterocycles. The molecule has 0 bridgehead atoms. The minimum Gasteiger partial charge on any atom is -0.481 e. The first kappa shape index (κ1) is 7.14. The van der Waals surface area contributed by atoms with Gasteiger partial charge in [0.25, 0.3) is 5.22 Å². The van der Waals surface area contributed by atoms with Gasteiger partial charge < -0.3 is 9.52 Å². The van der Waals surface area contributed by atoms with Gasteiger partial charge in [0.2, 0.25) is 0 Å². The second-order valence-corrected chi connectivity index (χ2v) is 2.41. The van der Waals surface area contributed by atoms with Crippen molar-refractivity contribution in [2.45, 2.75) is 5.22 Å². The Morgan fingerprint density at radius 2 is 2.70 bits per heavy atom. The molecule has 0 fully saturated rings. The maximum atomic E-state index is 10.0. The van der Waals surface area contributed by atoms with Gasteiger partial charge in [-0.25, -0.2) is 4.98 Å². The quantitative estimate of drug-likeness (QED) is 0.662. The highest BCUT2D eigenvalue weighted by Gasteiger charge is 2.01. The number of thioether (sulfide) groups is 1. The summed E-state index contributed by atoms with van der Waals surface area (Å²) in [5, 5.41) is 8.61. The van der Waals surface area contributed by atoms with E-state index in [0.717, 1.165) is 11.8 Å². The maximum Gasteiger partial charge on any atom is 0.314 e. The second-order valence-electron chi connectivity index (χ2n) is 1.48. The predicted octanol–water partition coefficient (Wildman–Crippen LogP) is 0.851. The molecule has 0 aromatic carbocycles. The third kappa shape index (κ3) is 2.10. The standard InChI is InChI=1S/C5H5NO3S/c7-4(8)3-10-5-6-1-2-9-5/h1-2H,3H2,(H,7,8). The fourth-order valence-electron chi connectivity index (χ4n) is 0.405. The smallest absolute Gasteiger partial charge is 0.314 e. The molecule has 1 aromatic rings. The monoisotopic (exact) mass is 159 g/mol. The van der Waals surface area contributed by atoms with Gasteiger partial charge in [0, 0.05) is 0 Å². The van der Waals surface area contributed by atoms with Crippen LogP contribution >= 0.6 is 11.8 Å². The molecule has 1 heterocycles. The van der Waals surface area contributed by atoms with Crippen molar-refractivity contribution in [2.24, 2.45) is 0 Å². The van der Waals surface area contributed by atoms with Gasteiger partial charge in [0.15, 0.2) is 0 Å². The van der Waals surface area contributed by atoms with E-state index in [9.17, 15) is 4.79 Å². The Kier molecular flexibility index (Phi) is 2.33. The average Bonchev–Trinajstić information content (AvgIpc) is 2.34. The average molecular weight is 159 g/mol. The van der Waals surface area contributed by atoms with Gasteiger partial charge in [-0.3, -0.25) is 4.79 Å². The summed E-state index contributed by atoms with van der Waals surface area (Å²) in [7, 11) is 0. The number of hydrogen-bond acceptors (Lipinski definition) is 4. The SMILES string of the molecule is O=C(O)CSc1ncco1. The van der Waals surface area contributed by atoms with E-state index < -0.39 is 5.97 Å². The minimum atomic E-state index is -0.872. The molecule has 0 saturated carbocycles. The summed E-state index contributed by atoms with van der Waals surface area (Å²) in [6.45, 7) is 0. The molecule has 54 valence electrons. The molecular formula is C5H5NO3S. The summed E-state index contributed by atoms with van der Waals surface area (Å²) in [5.41, 5.74) is 0. The van der Waals surface area contributed by atoms with Crippen molar-refractivity contribution in [2.75, 3.05) is 5.75 Å². The zero-order valence-electron chi connectivity index (χ0n) is 4.98. The van der Waals surface area contributed by atoms with Crippen molar-refractivity contribution in [3.8, 4) is 0 Å². The van der Waals surface area contributed by atoms with Crippen molar-refractivity contribution in [3.05, 3.63) is 12.5 Å². The summed E-state index contributed by atoms with van der Waals surface area (Å²) in [6.07, 6.45) is 2.88. The van der Waals surface area contributed by atoms with Gasteiger partial charge in [-0.1, -0.05) is 11.8 Å². The molecule has 5 heteroatoms. The number of carbonyl (C=O) groups is 1. The molecule has 0 amide bonds. The second kappa shape index (κ2) is 3.26. The molecule has 0 spiro atoms. The van der Waals surface area contributed by atoms with Crippen molar-refractivity contribution in [1.82, 2.24) is 4.98 Å². The Balaban J connectivity index is 2.35. The molecule has 0 radical (unpaired) electrons. The molecule has 1 N–H and O–H groups in total. The van der Waals surface area contributed by atoms with Crippen LogP contribution in [0.15, 0.2) is 22.1 Å². The first-order chi connectivity index (χ1) is 4.79. The van der Waals surface area contributed by atoms with E-state index in [-0.39, 0.29) is 5.75 Å². The first-order valence-electron chi connectivity index (χ1n) is 2.53. The fraction of sp³-hybridized carbons (Fsp3) is 0.200. The number of aliphatic carboxylic acids is 1. The van der Waals surface area contributed by atoms with Crippen molar-refractivity contribution in [3.63, 3.8) is 0 Å². The van der Waals surface area contributed by atoms with Gasteiger partial charge in [0.1, 0.15) is 12.0 Å². The summed E-state index contributed by atoms with van der Waals surface area (Å²) < 4.78 is 4.77. The van der Waals surface area contributed by atoms with Crippen LogP contribution < -0.4 is 0 Å². The third-order valence-corrected chi connectivity index (χ3v) is 1.57. The zero-order valence-corrected chi connectivity index (χ0v) is 5.80. The first-order valence-corrected chi connectivity index (χ1v) is 3.51. The number of nitrogens with zero attached hydrogens (tertiary/aromatic N) is 1. The van der Waals surface area contributed by atoms with Crippen molar-refractivity contribution >= 4 is 17.7 Å². The lowest BCUT2D eigenvalue weighted by Gasteiger charge is -1.87. The van der Waals surface area contributed by atoms with Crippen LogP contribution in [0.3, 0.4) is 0 Å². The summed E-state index contributed by atoms with van der Waals surface area (Å²) >= 11 is 1.06. The summed E-state index contributed by atoms with van der Waals surface area (Å²) in [5.74, 6) is -0.885. The third-order valence-electron chi connectivity index (χ3n) is 0.729. The molecule has 1 rings (SSSR count). The Bertz CT molecular complexity index is 209. The van der Waals surface area contributed by atoms with Crippen LogP contribution in [0.2, 0.25) is 0 Å². The predicted molar refractivity (Wildman–Crippen MR) is 34.9 cm³/mol. The lowest BCUT2D eigenvalue weighted by Crippen LogP contribution is -1.97. The molecule has 4 nitrogen and oxygen atoms in total. The summed E-state index contributed by atoms with van der Waals surface area (Å²) in [6, 6.07) is 0. The zero-order chi connectivity index (χ0) is 7.40. The fourth-order valence-corrected chi connectivity index (χ4v) is 0.911. The minimum absolute atomic E-state index is 0.0134. The van der Waals surface area contributed by atoms with E-state index in [4.69, 9.17) is 9.52 Å². The Labute approximate surface area is 61.3 Å². The molecular weight excluding hydrogens is 154 g/mol. The van der Waals surface area contributed by atoms with Gasteiger partial charge in [-0.05, 0) is 0 Å². The van der Waals surface area contributed by atoms with Crippen LogP contribution in [0.25, 0.3) is 0 Å². The highest BCUT2D eigenvalue weighted by atomic mass is 32.2. The number of rotatable bonds is 3. The molecule has 0 unspecified atom stereocenters. The van der Waals surface area contributed by atoms with Crippen molar-refractivity contribution < 1.29 is 14.3 Å². The van der Waals surface area contributed by atoms with Crippen LogP contribution in [0.5, 0.6) is 0 Å². The number of hydrogen-bond donors (Lipinski definition) is 1. The van der Waals surface area contributed by atoms with Crippen molar-refractivity contribution in [1.29, 1.82) is 0 Å². The number of aromatic nitrogens is 1. The Morgan fingerprint density at radius 1 is 1.90 bits per heavy atom. The lowest BCUT2D eigenvalue weighted by molar-refractivity contribution is -0.133. The molecule has 0 aliphatic heterocycles. The molecule has 0 saturated heterocycles. The Hall–Kier alpha value is -0.970. The van der Waals surface area contributed by atoms with E-state index in [2.05, 4.69) is 4.98 Å². The van der Waals surface area contributed by atoms with Gasteiger partial charge in [-0.15, -0.1) is 0 Å². The van der Waals surface area contributed by atoms with E-state index >= 15 is 0 Å². The van der Waals surface area contributed by atoms with Crippen LogP contribution in [0, 0.1) is 0 Å². The van der Waals surface area contributed by atoms with Crippen LogP contribution in [0.1, 0.15) is 0 Å². The number of oxazole rings is 1. The van der Waals surface area contributed by atoms with Gasteiger partial charge in [0.05, 0.1) is 6.20 Å². The number of carboxylic acids is 1.